The Kier molecular flexibility index (Phi) is 2.25. The highest BCUT2D eigenvalue weighted by atomic mass is 15.2. The molecular formula is C15H17N3. The van der Waals surface area contributed by atoms with Crippen LogP contribution in [-0.4, -0.2) is 16.2 Å². The predicted octanol–water partition coefficient (Wildman–Crippen LogP) is 3.23. The first-order valence-corrected chi connectivity index (χ1v) is 6.89. The molecule has 18 heavy (non-hydrogen) atoms. The minimum atomic E-state index is 0.630. The Hall–Kier alpha value is -1.64. The molecule has 1 aromatic heterocycles. The summed E-state index contributed by atoms with van der Waals surface area (Å²) in [6.45, 7) is 0. The highest BCUT2D eigenvalue weighted by molar-refractivity contribution is 5.90. The summed E-state index contributed by atoms with van der Waals surface area (Å²) in [5, 5.41) is 14.5. The van der Waals surface area contributed by atoms with Crippen LogP contribution in [-0.2, 0) is 0 Å². The van der Waals surface area contributed by atoms with E-state index in [1.54, 1.807) is 0 Å². The van der Waals surface area contributed by atoms with Crippen molar-refractivity contribution in [2.75, 3.05) is 5.32 Å². The first-order chi connectivity index (χ1) is 8.92. The zero-order valence-corrected chi connectivity index (χ0v) is 10.3. The fraction of sp³-hybridized carbons (Fsp3) is 0.467. The molecule has 3 nitrogen and oxygen atoms in total. The number of rotatable bonds is 4. The lowest BCUT2D eigenvalue weighted by Gasteiger charge is -2.18. The van der Waals surface area contributed by atoms with E-state index in [0.717, 1.165) is 17.7 Å². The van der Waals surface area contributed by atoms with E-state index in [9.17, 15) is 0 Å². The number of nitrogens with one attached hydrogen (secondary N) is 1. The predicted molar refractivity (Wildman–Crippen MR) is 72.4 cm³/mol. The molecule has 0 radical (unpaired) electrons. The number of aromatic nitrogens is 2. The zero-order valence-electron chi connectivity index (χ0n) is 10.3. The van der Waals surface area contributed by atoms with Gasteiger partial charge in [0.05, 0.1) is 6.20 Å². The Labute approximate surface area is 107 Å². The van der Waals surface area contributed by atoms with Crippen molar-refractivity contribution >= 4 is 16.6 Å². The molecule has 4 rings (SSSR count). The van der Waals surface area contributed by atoms with Crippen molar-refractivity contribution in [2.24, 2.45) is 11.8 Å². The molecule has 2 aromatic rings. The Balaban J connectivity index is 1.68. The molecule has 1 aromatic carbocycles. The van der Waals surface area contributed by atoms with Gasteiger partial charge < -0.3 is 5.32 Å². The topological polar surface area (TPSA) is 37.8 Å². The van der Waals surface area contributed by atoms with Crippen molar-refractivity contribution in [3.63, 3.8) is 0 Å². The van der Waals surface area contributed by atoms with Gasteiger partial charge in [-0.05, 0) is 37.5 Å². The van der Waals surface area contributed by atoms with Gasteiger partial charge in [0.2, 0.25) is 0 Å². The number of hydrogen-bond donors (Lipinski definition) is 1. The monoisotopic (exact) mass is 239 g/mol. The lowest BCUT2D eigenvalue weighted by Crippen LogP contribution is -2.25. The fourth-order valence-corrected chi connectivity index (χ4v) is 2.82. The Morgan fingerprint density at radius 1 is 1.06 bits per heavy atom. The van der Waals surface area contributed by atoms with E-state index in [1.807, 2.05) is 12.3 Å². The summed E-state index contributed by atoms with van der Waals surface area (Å²) in [5.74, 6) is 2.72. The summed E-state index contributed by atoms with van der Waals surface area (Å²) in [5.41, 5.74) is 0. The molecule has 0 saturated heterocycles. The SMILES string of the molecule is c1ccc2c(NC(C3CC3)C3CC3)nncc2c1. The quantitative estimate of drug-likeness (QED) is 0.890. The highest BCUT2D eigenvalue weighted by Crippen LogP contribution is 2.46. The second kappa shape index (κ2) is 3.94. The average Bonchev–Trinajstić information content (AvgIpc) is 3.29. The van der Waals surface area contributed by atoms with E-state index in [-0.39, 0.29) is 0 Å². The van der Waals surface area contributed by atoms with Crippen LogP contribution >= 0.6 is 0 Å². The number of benzene rings is 1. The van der Waals surface area contributed by atoms with Crippen LogP contribution in [0.3, 0.4) is 0 Å². The summed E-state index contributed by atoms with van der Waals surface area (Å²) < 4.78 is 0. The van der Waals surface area contributed by atoms with Gasteiger partial charge in [-0.15, -0.1) is 5.10 Å². The van der Waals surface area contributed by atoms with Crippen LogP contribution in [0.4, 0.5) is 5.82 Å². The van der Waals surface area contributed by atoms with Gasteiger partial charge in [0, 0.05) is 16.8 Å². The number of hydrogen-bond acceptors (Lipinski definition) is 3. The second-order valence-corrected chi connectivity index (χ2v) is 5.63. The van der Waals surface area contributed by atoms with Crippen LogP contribution < -0.4 is 5.32 Å². The molecule has 0 bridgehead atoms. The van der Waals surface area contributed by atoms with Crippen LogP contribution in [0, 0.1) is 11.8 Å². The number of nitrogens with zero attached hydrogens (tertiary/aromatic N) is 2. The average molecular weight is 239 g/mol. The smallest absolute Gasteiger partial charge is 0.156 e. The van der Waals surface area contributed by atoms with Crippen molar-refractivity contribution in [2.45, 2.75) is 31.7 Å². The number of anilines is 1. The third kappa shape index (κ3) is 1.84. The second-order valence-electron chi connectivity index (χ2n) is 5.63. The van der Waals surface area contributed by atoms with E-state index in [2.05, 4.69) is 33.7 Å². The third-order valence-corrected chi connectivity index (χ3v) is 4.13. The first-order valence-electron chi connectivity index (χ1n) is 6.89. The Morgan fingerprint density at radius 2 is 1.78 bits per heavy atom. The van der Waals surface area contributed by atoms with Gasteiger partial charge in [-0.25, -0.2) is 0 Å². The van der Waals surface area contributed by atoms with Gasteiger partial charge in [-0.1, -0.05) is 24.3 Å². The molecule has 0 aliphatic heterocycles. The molecule has 2 saturated carbocycles. The first kappa shape index (κ1) is 10.3. The van der Waals surface area contributed by atoms with E-state index in [1.165, 1.54) is 36.5 Å². The lowest BCUT2D eigenvalue weighted by molar-refractivity contribution is 0.565. The minimum absolute atomic E-state index is 0.630. The molecule has 2 fully saturated rings. The molecule has 3 heteroatoms. The van der Waals surface area contributed by atoms with Gasteiger partial charge in [-0.2, -0.15) is 5.10 Å². The van der Waals surface area contributed by atoms with E-state index in [4.69, 9.17) is 0 Å². The van der Waals surface area contributed by atoms with Crippen molar-refractivity contribution in [1.29, 1.82) is 0 Å². The van der Waals surface area contributed by atoms with Crippen molar-refractivity contribution in [3.05, 3.63) is 30.5 Å². The molecule has 1 N–H and O–H groups in total. The normalized spacial score (nSPS) is 19.4. The standard InChI is InChI=1S/C15H17N3/c1-2-4-13-12(3-1)9-16-18-15(13)17-14(10-5-6-10)11-7-8-11/h1-4,9-11,14H,5-8H2,(H,17,18). The molecule has 92 valence electrons. The van der Waals surface area contributed by atoms with Gasteiger partial charge in [0.25, 0.3) is 0 Å². The molecule has 0 amide bonds. The highest BCUT2D eigenvalue weighted by Gasteiger charge is 2.41. The Bertz CT molecular complexity index is 555. The molecular weight excluding hydrogens is 222 g/mol. The molecule has 2 aliphatic rings. The van der Waals surface area contributed by atoms with Crippen LogP contribution in [0.2, 0.25) is 0 Å². The molecule has 1 heterocycles. The maximum Gasteiger partial charge on any atom is 0.156 e. The van der Waals surface area contributed by atoms with Crippen LogP contribution in [0.25, 0.3) is 10.8 Å². The summed E-state index contributed by atoms with van der Waals surface area (Å²) >= 11 is 0. The Morgan fingerprint density at radius 3 is 2.50 bits per heavy atom. The summed E-state index contributed by atoms with van der Waals surface area (Å²) in [7, 11) is 0. The van der Waals surface area contributed by atoms with E-state index >= 15 is 0 Å². The molecule has 0 spiro atoms. The van der Waals surface area contributed by atoms with E-state index in [0.29, 0.717) is 6.04 Å². The number of fused-ring (bicyclic) bond motifs is 1. The lowest BCUT2D eigenvalue weighted by atomic mass is 10.1. The maximum atomic E-state index is 4.31. The maximum absolute atomic E-state index is 4.31. The van der Waals surface area contributed by atoms with Gasteiger partial charge in [0.1, 0.15) is 0 Å². The summed E-state index contributed by atoms with van der Waals surface area (Å²) in [6.07, 6.45) is 7.36. The van der Waals surface area contributed by atoms with Crippen molar-refractivity contribution in [3.8, 4) is 0 Å². The molecule has 0 unspecified atom stereocenters. The fourth-order valence-electron chi connectivity index (χ4n) is 2.82. The van der Waals surface area contributed by atoms with Crippen molar-refractivity contribution < 1.29 is 0 Å². The third-order valence-electron chi connectivity index (χ3n) is 4.13. The van der Waals surface area contributed by atoms with E-state index < -0.39 is 0 Å². The molecule has 2 aliphatic carbocycles. The zero-order chi connectivity index (χ0) is 11.9. The minimum Gasteiger partial charge on any atom is -0.365 e. The van der Waals surface area contributed by atoms with Gasteiger partial charge >= 0.3 is 0 Å². The van der Waals surface area contributed by atoms with Crippen LogP contribution in [0.1, 0.15) is 25.7 Å². The van der Waals surface area contributed by atoms with Crippen LogP contribution in [0.5, 0.6) is 0 Å². The summed E-state index contributed by atoms with van der Waals surface area (Å²) in [6, 6.07) is 8.97. The molecule has 0 atom stereocenters. The van der Waals surface area contributed by atoms with Crippen molar-refractivity contribution in [1.82, 2.24) is 10.2 Å². The summed E-state index contributed by atoms with van der Waals surface area (Å²) in [4.78, 5) is 0. The van der Waals surface area contributed by atoms with Crippen LogP contribution in [0.15, 0.2) is 30.5 Å². The largest absolute Gasteiger partial charge is 0.365 e. The van der Waals surface area contributed by atoms with Gasteiger partial charge in [-0.3, -0.25) is 0 Å². The van der Waals surface area contributed by atoms with Gasteiger partial charge in [0.15, 0.2) is 5.82 Å².